The molecule has 0 unspecified atom stereocenters. The molecular formula is C29H28N2O3. The van der Waals surface area contributed by atoms with Gasteiger partial charge in [-0.3, -0.25) is 14.5 Å². The zero-order valence-corrected chi connectivity index (χ0v) is 19.3. The van der Waals surface area contributed by atoms with Gasteiger partial charge >= 0.3 is 0 Å². The second kappa shape index (κ2) is 9.56. The number of carbonyl (C=O) groups excluding carboxylic acids is 2. The maximum atomic E-state index is 13.4. The Morgan fingerprint density at radius 1 is 1.00 bits per heavy atom. The molecule has 2 aliphatic rings. The van der Waals surface area contributed by atoms with Crippen LogP contribution in [0.1, 0.15) is 52.7 Å². The number of amides is 2. The summed E-state index contributed by atoms with van der Waals surface area (Å²) >= 11 is 0. The summed E-state index contributed by atoms with van der Waals surface area (Å²) in [7, 11) is 0. The van der Waals surface area contributed by atoms with Crippen molar-refractivity contribution in [3.8, 4) is 5.75 Å². The molecule has 34 heavy (non-hydrogen) atoms. The van der Waals surface area contributed by atoms with E-state index in [4.69, 9.17) is 4.74 Å². The molecule has 1 aliphatic carbocycles. The van der Waals surface area contributed by atoms with Crippen LogP contribution in [0.5, 0.6) is 5.75 Å². The van der Waals surface area contributed by atoms with E-state index in [0.29, 0.717) is 17.9 Å². The fraction of sp³-hybridized carbons (Fsp3) is 0.241. The quantitative estimate of drug-likeness (QED) is 0.510. The molecule has 3 aromatic rings. The van der Waals surface area contributed by atoms with Gasteiger partial charge in [0.05, 0.1) is 12.2 Å². The van der Waals surface area contributed by atoms with Crippen LogP contribution in [-0.4, -0.2) is 17.9 Å². The van der Waals surface area contributed by atoms with Crippen molar-refractivity contribution in [2.75, 3.05) is 4.90 Å². The van der Waals surface area contributed by atoms with Crippen molar-refractivity contribution in [3.05, 3.63) is 101 Å². The zero-order chi connectivity index (χ0) is 23.5. The number of aryl methyl sites for hydroxylation is 1. The van der Waals surface area contributed by atoms with Crippen molar-refractivity contribution in [1.82, 2.24) is 5.32 Å². The Bertz CT molecular complexity index is 1220. The fourth-order valence-electron chi connectivity index (χ4n) is 4.52. The highest BCUT2D eigenvalue weighted by atomic mass is 16.5. The Kier molecular flexibility index (Phi) is 6.17. The van der Waals surface area contributed by atoms with Crippen LogP contribution in [0.3, 0.4) is 0 Å². The van der Waals surface area contributed by atoms with Gasteiger partial charge in [0.15, 0.2) is 11.5 Å². The summed E-state index contributed by atoms with van der Waals surface area (Å²) < 4.78 is 5.99. The smallest absolute Gasteiger partial charge is 0.294 e. The lowest BCUT2D eigenvalue weighted by Gasteiger charge is -2.30. The van der Waals surface area contributed by atoms with Gasteiger partial charge in [-0.15, -0.1) is 0 Å². The van der Waals surface area contributed by atoms with Gasteiger partial charge in [0.2, 0.25) is 0 Å². The molecule has 0 saturated heterocycles. The third-order valence-corrected chi connectivity index (χ3v) is 6.45. The molecule has 3 aromatic carbocycles. The number of fused-ring (bicyclic) bond motifs is 1. The third-order valence-electron chi connectivity index (χ3n) is 6.45. The van der Waals surface area contributed by atoms with Crippen molar-refractivity contribution in [1.29, 1.82) is 0 Å². The van der Waals surface area contributed by atoms with Gasteiger partial charge < -0.3 is 10.1 Å². The minimum Gasteiger partial charge on any atom is -0.449 e. The molecule has 1 N–H and O–H groups in total. The van der Waals surface area contributed by atoms with Gasteiger partial charge in [-0.25, -0.2) is 0 Å². The predicted octanol–water partition coefficient (Wildman–Crippen LogP) is 5.63. The molecule has 0 radical (unpaired) electrons. The number of nitrogens with one attached hydrogen (secondary N) is 1. The van der Waals surface area contributed by atoms with Gasteiger partial charge in [-0.2, -0.15) is 0 Å². The first-order valence-electron chi connectivity index (χ1n) is 11.8. The van der Waals surface area contributed by atoms with Gasteiger partial charge in [0.25, 0.3) is 11.8 Å². The van der Waals surface area contributed by atoms with Crippen LogP contribution in [0.25, 0.3) is 6.08 Å². The summed E-state index contributed by atoms with van der Waals surface area (Å²) in [5, 5.41) is 3.11. The number of rotatable bonds is 5. The molecule has 0 bridgehead atoms. The van der Waals surface area contributed by atoms with Crippen LogP contribution in [0.4, 0.5) is 5.69 Å². The second-order valence-electron chi connectivity index (χ2n) is 9.03. The van der Waals surface area contributed by atoms with E-state index in [2.05, 4.69) is 5.32 Å². The minimum atomic E-state index is -0.192. The molecule has 1 heterocycles. The summed E-state index contributed by atoms with van der Waals surface area (Å²) in [5.41, 5.74) is 4.40. The Morgan fingerprint density at radius 2 is 1.71 bits per heavy atom. The first kappa shape index (κ1) is 22.0. The second-order valence-corrected chi connectivity index (χ2v) is 9.03. The Balaban J connectivity index is 1.37. The predicted molar refractivity (Wildman–Crippen MR) is 134 cm³/mol. The van der Waals surface area contributed by atoms with E-state index in [1.807, 2.05) is 67.6 Å². The molecule has 0 aromatic heterocycles. The largest absolute Gasteiger partial charge is 0.449 e. The summed E-state index contributed by atoms with van der Waals surface area (Å²) in [5.74, 6) is 0.665. The van der Waals surface area contributed by atoms with Crippen LogP contribution in [0.15, 0.2) is 78.6 Å². The summed E-state index contributed by atoms with van der Waals surface area (Å²) in [6.45, 7) is 2.50. The first-order chi connectivity index (χ1) is 16.6. The number of hydrogen-bond donors (Lipinski definition) is 1. The minimum absolute atomic E-state index is 0.0469. The molecule has 2 amide bonds. The number of para-hydroxylation sites is 2. The monoisotopic (exact) mass is 452 g/mol. The normalized spacial score (nSPS) is 16.9. The molecule has 5 rings (SSSR count). The Hall–Kier alpha value is -3.86. The van der Waals surface area contributed by atoms with Crippen LogP contribution < -0.4 is 15.0 Å². The van der Waals surface area contributed by atoms with Crippen molar-refractivity contribution < 1.29 is 14.3 Å². The molecule has 0 spiro atoms. The molecule has 5 heteroatoms. The molecule has 5 nitrogen and oxygen atoms in total. The SMILES string of the molecule is Cc1ccc(CN2C(=O)C(=Cc3ccc(C(=O)NC4CCCC4)cc3)Oc3ccccc32)cc1. The molecule has 172 valence electrons. The van der Waals surface area contributed by atoms with Crippen LogP contribution in [0.2, 0.25) is 0 Å². The van der Waals surface area contributed by atoms with Gasteiger partial charge in [0, 0.05) is 11.6 Å². The highest BCUT2D eigenvalue weighted by Crippen LogP contribution is 2.36. The fourth-order valence-corrected chi connectivity index (χ4v) is 4.52. The number of nitrogens with zero attached hydrogens (tertiary/aromatic N) is 1. The zero-order valence-electron chi connectivity index (χ0n) is 19.3. The number of benzene rings is 3. The van der Waals surface area contributed by atoms with Gasteiger partial charge in [-0.05, 0) is 61.2 Å². The van der Waals surface area contributed by atoms with Crippen LogP contribution in [-0.2, 0) is 11.3 Å². The lowest BCUT2D eigenvalue weighted by molar-refractivity contribution is -0.117. The van der Waals surface area contributed by atoms with E-state index in [1.54, 1.807) is 23.1 Å². The van der Waals surface area contributed by atoms with E-state index in [-0.39, 0.29) is 23.6 Å². The molecular weight excluding hydrogens is 424 g/mol. The number of anilines is 1. The number of ether oxygens (including phenoxy) is 1. The maximum absolute atomic E-state index is 13.4. The van der Waals surface area contributed by atoms with Crippen LogP contribution >= 0.6 is 0 Å². The Labute approximate surface area is 200 Å². The third kappa shape index (κ3) is 4.74. The molecule has 1 saturated carbocycles. The van der Waals surface area contributed by atoms with E-state index in [1.165, 1.54) is 18.4 Å². The van der Waals surface area contributed by atoms with Crippen molar-refractivity contribution >= 4 is 23.6 Å². The van der Waals surface area contributed by atoms with Crippen molar-refractivity contribution in [3.63, 3.8) is 0 Å². The maximum Gasteiger partial charge on any atom is 0.294 e. The van der Waals surface area contributed by atoms with Crippen LogP contribution in [0, 0.1) is 6.92 Å². The van der Waals surface area contributed by atoms with E-state index in [0.717, 1.165) is 29.7 Å². The van der Waals surface area contributed by atoms with Crippen molar-refractivity contribution in [2.45, 2.75) is 45.2 Å². The number of carbonyl (C=O) groups is 2. The molecule has 1 fully saturated rings. The highest BCUT2D eigenvalue weighted by Gasteiger charge is 2.30. The van der Waals surface area contributed by atoms with E-state index >= 15 is 0 Å². The summed E-state index contributed by atoms with van der Waals surface area (Å²) in [6.07, 6.45) is 6.19. The average Bonchev–Trinajstić information content (AvgIpc) is 3.36. The average molecular weight is 453 g/mol. The standard InChI is InChI=1S/C29H28N2O3/c1-20-10-12-22(13-11-20)19-31-25-8-4-5-9-26(25)34-27(29(31)33)18-21-14-16-23(17-15-21)28(32)30-24-6-2-3-7-24/h4-5,8-18,24H,2-3,6-7,19H2,1H3,(H,30,32). The van der Waals surface area contributed by atoms with Gasteiger partial charge in [0.1, 0.15) is 0 Å². The summed E-state index contributed by atoms with van der Waals surface area (Å²) in [6, 6.07) is 23.3. The van der Waals surface area contributed by atoms with E-state index in [9.17, 15) is 9.59 Å². The van der Waals surface area contributed by atoms with Gasteiger partial charge in [-0.1, -0.05) is 66.9 Å². The van der Waals surface area contributed by atoms with E-state index < -0.39 is 0 Å². The highest BCUT2D eigenvalue weighted by molar-refractivity contribution is 6.09. The Morgan fingerprint density at radius 3 is 2.44 bits per heavy atom. The number of hydrogen-bond acceptors (Lipinski definition) is 3. The lowest BCUT2D eigenvalue weighted by Crippen LogP contribution is -2.36. The molecule has 0 atom stereocenters. The van der Waals surface area contributed by atoms with Crippen molar-refractivity contribution in [2.24, 2.45) is 0 Å². The molecule has 1 aliphatic heterocycles. The topological polar surface area (TPSA) is 58.6 Å². The lowest BCUT2D eigenvalue weighted by atomic mass is 10.1. The first-order valence-corrected chi connectivity index (χ1v) is 11.8. The summed E-state index contributed by atoms with van der Waals surface area (Å²) in [4.78, 5) is 27.7.